The van der Waals surface area contributed by atoms with Gasteiger partial charge in [-0.2, -0.15) is 11.3 Å². The van der Waals surface area contributed by atoms with E-state index in [2.05, 4.69) is 32.4 Å². The SMILES string of the molecule is C[C@@H](Cc1ccsc1)NC(=O)NC[C@]1(N(C)C)Cc2ccc(O)cc2C1. The number of nitrogens with one attached hydrogen (secondary N) is 2. The van der Waals surface area contributed by atoms with Crippen molar-refractivity contribution < 1.29 is 9.90 Å². The van der Waals surface area contributed by atoms with Gasteiger partial charge in [-0.1, -0.05) is 6.07 Å². The number of fused-ring (bicyclic) bond motifs is 1. The van der Waals surface area contributed by atoms with Crippen LogP contribution in [0.25, 0.3) is 0 Å². The summed E-state index contributed by atoms with van der Waals surface area (Å²) in [5.41, 5.74) is 3.49. The highest BCUT2D eigenvalue weighted by atomic mass is 32.1. The first-order valence-corrected chi connectivity index (χ1v) is 9.86. The predicted molar refractivity (Wildman–Crippen MR) is 106 cm³/mol. The van der Waals surface area contributed by atoms with Crippen LogP contribution in [0.15, 0.2) is 35.0 Å². The van der Waals surface area contributed by atoms with E-state index in [9.17, 15) is 9.90 Å². The van der Waals surface area contributed by atoms with Crippen molar-refractivity contribution in [3.8, 4) is 5.75 Å². The summed E-state index contributed by atoms with van der Waals surface area (Å²) >= 11 is 1.67. The molecule has 0 bridgehead atoms. The maximum Gasteiger partial charge on any atom is 0.315 e. The molecular formula is C20H27N3O2S. The topological polar surface area (TPSA) is 64.6 Å². The summed E-state index contributed by atoms with van der Waals surface area (Å²) in [6, 6.07) is 7.59. The molecule has 2 aromatic rings. The number of aromatic hydroxyl groups is 1. The minimum Gasteiger partial charge on any atom is -0.508 e. The zero-order valence-corrected chi connectivity index (χ0v) is 16.4. The zero-order valence-electron chi connectivity index (χ0n) is 15.6. The van der Waals surface area contributed by atoms with Crippen LogP contribution in [0.3, 0.4) is 0 Å². The van der Waals surface area contributed by atoms with Crippen LogP contribution < -0.4 is 10.6 Å². The molecule has 1 aliphatic rings. The molecule has 1 heterocycles. The van der Waals surface area contributed by atoms with Crippen molar-refractivity contribution in [2.75, 3.05) is 20.6 Å². The molecule has 6 heteroatoms. The van der Waals surface area contributed by atoms with Gasteiger partial charge in [-0.15, -0.1) is 0 Å². The van der Waals surface area contributed by atoms with Crippen molar-refractivity contribution in [1.29, 1.82) is 0 Å². The molecule has 0 fully saturated rings. The fourth-order valence-electron chi connectivity index (χ4n) is 3.65. The minimum absolute atomic E-state index is 0.0811. The third kappa shape index (κ3) is 4.19. The second kappa shape index (κ2) is 7.68. The standard InChI is InChI=1S/C20H27N3O2S/c1-14(8-15-6-7-26-12-15)22-19(25)21-13-20(23(2)3)10-16-4-5-18(24)9-17(16)11-20/h4-7,9,12,14,24H,8,10-11,13H2,1-3H3,(H2,21,22,25)/t14-,20-/m0/s1. The number of hydrogen-bond donors (Lipinski definition) is 3. The Morgan fingerprint density at radius 2 is 2.08 bits per heavy atom. The average molecular weight is 374 g/mol. The smallest absolute Gasteiger partial charge is 0.315 e. The number of benzene rings is 1. The van der Waals surface area contributed by atoms with Gasteiger partial charge in [-0.25, -0.2) is 4.79 Å². The molecule has 0 radical (unpaired) electrons. The molecule has 0 unspecified atom stereocenters. The van der Waals surface area contributed by atoms with Crippen LogP contribution in [-0.2, 0) is 19.3 Å². The van der Waals surface area contributed by atoms with Crippen LogP contribution in [0.5, 0.6) is 5.75 Å². The van der Waals surface area contributed by atoms with Gasteiger partial charge in [0.1, 0.15) is 5.75 Å². The lowest BCUT2D eigenvalue weighted by atomic mass is 9.94. The van der Waals surface area contributed by atoms with Crippen molar-refractivity contribution in [1.82, 2.24) is 15.5 Å². The first kappa shape index (κ1) is 18.7. The minimum atomic E-state index is -0.163. The first-order chi connectivity index (χ1) is 12.4. The van der Waals surface area contributed by atoms with Crippen molar-refractivity contribution in [3.05, 3.63) is 51.7 Å². The molecule has 0 spiro atoms. The Kier molecular flexibility index (Phi) is 5.53. The van der Waals surface area contributed by atoms with E-state index in [1.54, 1.807) is 17.4 Å². The summed E-state index contributed by atoms with van der Waals surface area (Å²) in [4.78, 5) is 14.5. The Bertz CT molecular complexity index is 760. The van der Waals surface area contributed by atoms with Crippen LogP contribution >= 0.6 is 11.3 Å². The molecular weight excluding hydrogens is 346 g/mol. The molecule has 1 aliphatic carbocycles. The number of amides is 2. The maximum absolute atomic E-state index is 12.4. The van der Waals surface area contributed by atoms with Crippen LogP contribution in [0, 0.1) is 0 Å². The second-order valence-electron chi connectivity index (χ2n) is 7.49. The van der Waals surface area contributed by atoms with Crippen LogP contribution in [-0.4, -0.2) is 48.3 Å². The van der Waals surface area contributed by atoms with Gasteiger partial charge < -0.3 is 20.6 Å². The molecule has 140 valence electrons. The van der Waals surface area contributed by atoms with E-state index in [1.807, 2.05) is 33.2 Å². The lowest BCUT2D eigenvalue weighted by molar-refractivity contribution is 0.157. The number of rotatable bonds is 6. The zero-order chi connectivity index (χ0) is 18.7. The Labute approximate surface area is 159 Å². The number of hydrogen-bond acceptors (Lipinski definition) is 4. The molecule has 5 nitrogen and oxygen atoms in total. The van der Waals surface area contributed by atoms with E-state index in [1.165, 1.54) is 11.1 Å². The van der Waals surface area contributed by atoms with E-state index in [0.717, 1.165) is 24.8 Å². The lowest BCUT2D eigenvalue weighted by Crippen LogP contribution is -2.55. The lowest BCUT2D eigenvalue weighted by Gasteiger charge is -2.36. The van der Waals surface area contributed by atoms with Crippen molar-refractivity contribution in [3.63, 3.8) is 0 Å². The van der Waals surface area contributed by atoms with Crippen LogP contribution in [0.2, 0.25) is 0 Å². The van der Waals surface area contributed by atoms with Gasteiger partial charge in [0.15, 0.2) is 0 Å². The van der Waals surface area contributed by atoms with Crippen LogP contribution in [0.1, 0.15) is 23.6 Å². The number of thiophene rings is 1. The van der Waals surface area contributed by atoms with E-state index >= 15 is 0 Å². The number of carbonyl (C=O) groups excluding carboxylic acids is 1. The molecule has 2 atom stereocenters. The number of likely N-dealkylation sites (N-methyl/N-ethyl adjacent to an activating group) is 1. The summed E-state index contributed by atoms with van der Waals surface area (Å²) in [6.45, 7) is 2.58. The molecule has 26 heavy (non-hydrogen) atoms. The number of phenols is 1. The molecule has 3 rings (SSSR count). The second-order valence-corrected chi connectivity index (χ2v) is 8.27. The number of nitrogens with zero attached hydrogens (tertiary/aromatic N) is 1. The highest BCUT2D eigenvalue weighted by Crippen LogP contribution is 2.34. The van der Waals surface area contributed by atoms with Gasteiger partial charge in [-0.05, 0) is 85.9 Å². The van der Waals surface area contributed by atoms with Crippen molar-refractivity contribution in [2.45, 2.75) is 37.8 Å². The summed E-state index contributed by atoms with van der Waals surface area (Å²) in [7, 11) is 4.09. The Morgan fingerprint density at radius 3 is 2.77 bits per heavy atom. The molecule has 1 aromatic heterocycles. The monoisotopic (exact) mass is 373 g/mol. The summed E-state index contributed by atoms with van der Waals surface area (Å²) in [5, 5.41) is 20.0. The Morgan fingerprint density at radius 1 is 1.31 bits per heavy atom. The highest BCUT2D eigenvalue weighted by molar-refractivity contribution is 7.07. The molecule has 1 aromatic carbocycles. The fourth-order valence-corrected chi connectivity index (χ4v) is 4.33. The third-order valence-electron chi connectivity index (χ3n) is 5.26. The predicted octanol–water partition coefficient (Wildman–Crippen LogP) is 2.78. The normalized spacial score (nSPS) is 20.0. The summed E-state index contributed by atoms with van der Waals surface area (Å²) in [6.07, 6.45) is 2.51. The van der Waals surface area contributed by atoms with E-state index in [0.29, 0.717) is 12.3 Å². The van der Waals surface area contributed by atoms with Gasteiger partial charge in [0.05, 0.1) is 0 Å². The summed E-state index contributed by atoms with van der Waals surface area (Å²) < 4.78 is 0. The van der Waals surface area contributed by atoms with Crippen LogP contribution in [0.4, 0.5) is 4.79 Å². The van der Waals surface area contributed by atoms with E-state index in [-0.39, 0.29) is 17.6 Å². The largest absolute Gasteiger partial charge is 0.508 e. The Hall–Kier alpha value is -2.05. The van der Waals surface area contributed by atoms with Gasteiger partial charge in [-0.3, -0.25) is 0 Å². The first-order valence-electron chi connectivity index (χ1n) is 8.92. The molecule has 0 aliphatic heterocycles. The number of urea groups is 1. The fraction of sp³-hybridized carbons (Fsp3) is 0.450. The van der Waals surface area contributed by atoms with E-state index < -0.39 is 0 Å². The average Bonchev–Trinajstić information content (AvgIpc) is 3.20. The van der Waals surface area contributed by atoms with E-state index in [4.69, 9.17) is 0 Å². The van der Waals surface area contributed by atoms with Gasteiger partial charge in [0.25, 0.3) is 0 Å². The molecule has 3 N–H and O–H groups in total. The molecule has 0 saturated heterocycles. The number of phenolic OH excluding ortho intramolecular Hbond substituents is 1. The van der Waals surface area contributed by atoms with Gasteiger partial charge in [0, 0.05) is 18.1 Å². The Balaban J connectivity index is 1.57. The van der Waals surface area contributed by atoms with Crippen molar-refractivity contribution in [2.24, 2.45) is 0 Å². The maximum atomic E-state index is 12.4. The highest BCUT2D eigenvalue weighted by Gasteiger charge is 2.39. The number of carbonyl (C=O) groups is 1. The van der Waals surface area contributed by atoms with Crippen molar-refractivity contribution >= 4 is 17.4 Å². The third-order valence-corrected chi connectivity index (χ3v) is 5.99. The molecule has 0 saturated carbocycles. The summed E-state index contributed by atoms with van der Waals surface area (Å²) in [5.74, 6) is 0.297. The van der Waals surface area contributed by atoms with Gasteiger partial charge in [0.2, 0.25) is 0 Å². The quantitative estimate of drug-likeness (QED) is 0.730. The molecule has 2 amide bonds. The van der Waals surface area contributed by atoms with Gasteiger partial charge >= 0.3 is 6.03 Å².